The summed E-state index contributed by atoms with van der Waals surface area (Å²) in [6, 6.07) is -0.515. The number of hydrogen-bond donors (Lipinski definition) is 3. The van der Waals surface area contributed by atoms with Crippen LogP contribution in [0.4, 0.5) is 0 Å². The highest BCUT2D eigenvalue weighted by molar-refractivity contribution is 7.58. The second-order valence-electron chi connectivity index (χ2n) is 4.60. The molecule has 0 saturated carbocycles. The van der Waals surface area contributed by atoms with E-state index in [1.807, 2.05) is 13.8 Å². The van der Waals surface area contributed by atoms with E-state index in [0.717, 1.165) is 19.3 Å². The Morgan fingerprint density at radius 1 is 1.33 bits per heavy atom. The zero-order chi connectivity index (χ0) is 13.6. The predicted molar refractivity (Wildman–Crippen MR) is 73.1 cm³/mol. The highest BCUT2D eigenvalue weighted by atomic mass is 31.2. The summed E-state index contributed by atoms with van der Waals surface area (Å²) in [6.45, 7) is 5.75. The van der Waals surface area contributed by atoms with Gasteiger partial charge in [-0.1, -0.05) is 13.8 Å². The molecule has 0 bridgehead atoms. The minimum absolute atomic E-state index is 0.211. The SMILES string of the molecule is CCCNP(=O)(NCCC)N1CCC[C@H](N)C1=O. The van der Waals surface area contributed by atoms with Gasteiger partial charge in [0, 0.05) is 19.6 Å². The zero-order valence-corrected chi connectivity index (χ0v) is 12.2. The minimum Gasteiger partial charge on any atom is -0.320 e. The Hall–Kier alpha value is -0.420. The Morgan fingerprint density at radius 2 is 1.89 bits per heavy atom. The quantitative estimate of drug-likeness (QED) is 0.605. The summed E-state index contributed by atoms with van der Waals surface area (Å²) in [5.74, 6) is -0.211. The molecule has 0 aliphatic carbocycles. The fraction of sp³-hybridized carbons (Fsp3) is 0.909. The van der Waals surface area contributed by atoms with E-state index in [-0.39, 0.29) is 5.91 Å². The average molecular weight is 276 g/mol. The fourth-order valence-corrected chi connectivity index (χ4v) is 4.27. The lowest BCUT2D eigenvalue weighted by atomic mass is 10.1. The van der Waals surface area contributed by atoms with E-state index in [2.05, 4.69) is 10.2 Å². The number of nitrogens with two attached hydrogens (primary N) is 1. The van der Waals surface area contributed by atoms with Crippen molar-refractivity contribution in [1.82, 2.24) is 14.8 Å². The van der Waals surface area contributed by atoms with Gasteiger partial charge in [-0.15, -0.1) is 0 Å². The number of hydrogen-bond acceptors (Lipinski definition) is 3. The maximum atomic E-state index is 12.9. The first-order chi connectivity index (χ1) is 8.55. The normalized spacial score (nSPS) is 21.4. The van der Waals surface area contributed by atoms with Gasteiger partial charge < -0.3 is 5.73 Å². The molecule has 7 heteroatoms. The van der Waals surface area contributed by atoms with Gasteiger partial charge in [0.05, 0.1) is 6.04 Å². The van der Waals surface area contributed by atoms with Crippen LogP contribution in [0.3, 0.4) is 0 Å². The fourth-order valence-electron chi connectivity index (χ4n) is 1.92. The Balaban J connectivity index is 2.80. The average Bonchev–Trinajstić information content (AvgIpc) is 2.37. The summed E-state index contributed by atoms with van der Waals surface area (Å²) in [7, 11) is -3.02. The number of piperidine rings is 1. The zero-order valence-electron chi connectivity index (χ0n) is 11.3. The van der Waals surface area contributed by atoms with Gasteiger partial charge in [-0.05, 0) is 25.7 Å². The smallest absolute Gasteiger partial charge is 0.308 e. The number of rotatable bonds is 7. The molecule has 1 saturated heterocycles. The maximum absolute atomic E-state index is 12.9. The van der Waals surface area contributed by atoms with Crippen molar-refractivity contribution in [2.75, 3.05) is 19.6 Å². The maximum Gasteiger partial charge on any atom is 0.308 e. The molecule has 1 aliphatic rings. The first-order valence-electron chi connectivity index (χ1n) is 6.73. The third-order valence-corrected chi connectivity index (χ3v) is 5.33. The predicted octanol–water partition coefficient (Wildman–Crippen LogP) is 1.04. The monoisotopic (exact) mass is 276 g/mol. The van der Waals surface area contributed by atoms with Crippen LogP contribution < -0.4 is 15.9 Å². The summed E-state index contributed by atoms with van der Waals surface area (Å²) in [6.07, 6.45) is 3.22. The van der Waals surface area contributed by atoms with Gasteiger partial charge in [0.2, 0.25) is 5.91 Å². The van der Waals surface area contributed by atoms with E-state index < -0.39 is 13.6 Å². The molecule has 1 heterocycles. The van der Waals surface area contributed by atoms with E-state index in [1.165, 1.54) is 4.67 Å². The van der Waals surface area contributed by atoms with Crippen LogP contribution in [-0.2, 0) is 9.36 Å². The molecule has 1 amide bonds. The molecule has 1 rings (SSSR count). The highest BCUT2D eigenvalue weighted by Gasteiger charge is 2.38. The van der Waals surface area contributed by atoms with Crippen molar-refractivity contribution >= 4 is 13.5 Å². The van der Waals surface area contributed by atoms with Crippen LogP contribution in [0.15, 0.2) is 0 Å². The largest absolute Gasteiger partial charge is 0.320 e. The molecule has 1 aliphatic heterocycles. The third-order valence-electron chi connectivity index (χ3n) is 2.95. The summed E-state index contributed by atoms with van der Waals surface area (Å²) in [5.41, 5.74) is 5.75. The summed E-state index contributed by atoms with van der Waals surface area (Å²) in [4.78, 5) is 12.0. The van der Waals surface area contributed by atoms with Crippen molar-refractivity contribution in [3.05, 3.63) is 0 Å². The lowest BCUT2D eigenvalue weighted by Gasteiger charge is -2.37. The van der Waals surface area contributed by atoms with E-state index >= 15 is 0 Å². The van der Waals surface area contributed by atoms with E-state index in [0.29, 0.717) is 26.1 Å². The molecular weight excluding hydrogens is 251 g/mol. The van der Waals surface area contributed by atoms with Gasteiger partial charge >= 0.3 is 7.59 Å². The second-order valence-corrected chi connectivity index (χ2v) is 6.87. The van der Waals surface area contributed by atoms with Gasteiger partial charge in [-0.3, -0.25) is 14.0 Å². The number of carbonyl (C=O) groups is 1. The van der Waals surface area contributed by atoms with Crippen LogP contribution in [-0.4, -0.2) is 36.3 Å². The van der Waals surface area contributed by atoms with Crippen LogP contribution in [0.5, 0.6) is 0 Å². The molecule has 106 valence electrons. The first-order valence-corrected chi connectivity index (χ1v) is 8.38. The summed E-state index contributed by atoms with van der Waals surface area (Å²) in [5, 5.41) is 5.99. The van der Waals surface area contributed by atoms with E-state index in [1.54, 1.807) is 0 Å². The van der Waals surface area contributed by atoms with Gasteiger partial charge in [-0.2, -0.15) is 0 Å². The Kier molecular flexibility index (Phi) is 6.29. The Labute approximate surface area is 109 Å². The van der Waals surface area contributed by atoms with Gasteiger partial charge in [0.25, 0.3) is 0 Å². The van der Waals surface area contributed by atoms with Gasteiger partial charge in [-0.25, -0.2) is 10.2 Å². The van der Waals surface area contributed by atoms with Crippen LogP contribution >= 0.6 is 7.59 Å². The van der Waals surface area contributed by atoms with E-state index in [4.69, 9.17) is 5.73 Å². The molecule has 1 fully saturated rings. The van der Waals surface area contributed by atoms with E-state index in [9.17, 15) is 9.36 Å². The second kappa shape index (κ2) is 7.24. The molecule has 0 aromatic rings. The molecule has 0 aromatic carbocycles. The Bertz CT molecular complexity index is 312. The lowest BCUT2D eigenvalue weighted by molar-refractivity contribution is -0.129. The topological polar surface area (TPSA) is 87.5 Å². The van der Waals surface area contributed by atoms with Gasteiger partial charge in [0.1, 0.15) is 0 Å². The first kappa shape index (κ1) is 15.6. The third kappa shape index (κ3) is 3.79. The number of nitrogens with zero attached hydrogens (tertiary/aromatic N) is 1. The Morgan fingerprint density at radius 3 is 2.39 bits per heavy atom. The number of carbonyl (C=O) groups excluding carboxylic acids is 1. The summed E-state index contributed by atoms with van der Waals surface area (Å²) >= 11 is 0. The molecule has 1 atom stereocenters. The van der Waals surface area contributed by atoms with Crippen molar-refractivity contribution in [1.29, 1.82) is 0 Å². The van der Waals surface area contributed by atoms with Crippen molar-refractivity contribution in [2.24, 2.45) is 5.73 Å². The standard InChI is InChI=1S/C11H25N4O2P/c1-3-7-13-18(17,14-8-4-2)15-9-5-6-10(12)11(15)16/h10H,3-9,12H2,1-2H3,(H2,13,14,17)/t10-/m0/s1. The molecule has 0 aromatic heterocycles. The minimum atomic E-state index is -3.02. The van der Waals surface area contributed by atoms with Gasteiger partial charge in [0.15, 0.2) is 0 Å². The lowest BCUT2D eigenvalue weighted by Crippen LogP contribution is -2.50. The van der Waals surface area contributed by atoms with Crippen LogP contribution in [0, 0.1) is 0 Å². The molecule has 4 N–H and O–H groups in total. The molecule has 0 unspecified atom stereocenters. The number of nitrogens with one attached hydrogen (secondary N) is 2. The number of amides is 1. The molecule has 18 heavy (non-hydrogen) atoms. The molecule has 6 nitrogen and oxygen atoms in total. The van der Waals surface area contributed by atoms with Crippen LogP contribution in [0.25, 0.3) is 0 Å². The van der Waals surface area contributed by atoms with Crippen molar-refractivity contribution in [3.63, 3.8) is 0 Å². The van der Waals surface area contributed by atoms with Crippen LogP contribution in [0.2, 0.25) is 0 Å². The molecular formula is C11H25N4O2P. The van der Waals surface area contributed by atoms with Crippen molar-refractivity contribution < 1.29 is 9.36 Å². The molecule has 0 spiro atoms. The van der Waals surface area contributed by atoms with Crippen molar-refractivity contribution in [2.45, 2.75) is 45.6 Å². The van der Waals surface area contributed by atoms with Crippen LogP contribution in [0.1, 0.15) is 39.5 Å². The van der Waals surface area contributed by atoms with Crippen molar-refractivity contribution in [3.8, 4) is 0 Å². The summed E-state index contributed by atoms with van der Waals surface area (Å²) < 4.78 is 14.3. The highest BCUT2D eigenvalue weighted by Crippen LogP contribution is 2.42. The molecule has 0 radical (unpaired) electrons.